The number of halogens is 1. The standard InChI is InChI=1S/C17H15ClN2O2/c18-14-5-6-15-16(9-14)22-17(21)20(15)11-19-8-7-12-3-1-2-4-13(12)10-19/h1-6,9H,7-8,10-11H2/p+1. The van der Waals surface area contributed by atoms with Crippen molar-refractivity contribution in [3.05, 3.63) is 69.2 Å². The number of hydrogen-bond donors (Lipinski definition) is 1. The van der Waals surface area contributed by atoms with Crippen molar-refractivity contribution in [2.24, 2.45) is 0 Å². The average molecular weight is 316 g/mol. The number of hydrogen-bond acceptors (Lipinski definition) is 2. The summed E-state index contributed by atoms with van der Waals surface area (Å²) in [7, 11) is 0. The second-order valence-corrected chi connectivity index (χ2v) is 6.20. The minimum Gasteiger partial charge on any atom is -0.408 e. The number of aromatic nitrogens is 1. The highest BCUT2D eigenvalue weighted by molar-refractivity contribution is 6.31. The molecular weight excluding hydrogens is 300 g/mol. The van der Waals surface area contributed by atoms with Crippen LogP contribution in [0.1, 0.15) is 11.1 Å². The van der Waals surface area contributed by atoms with Crippen LogP contribution in [0, 0.1) is 0 Å². The first-order valence-electron chi connectivity index (χ1n) is 7.40. The molecule has 0 aliphatic carbocycles. The number of quaternary nitrogens is 1. The fourth-order valence-electron chi connectivity index (χ4n) is 3.19. The van der Waals surface area contributed by atoms with E-state index >= 15 is 0 Å². The molecule has 0 saturated carbocycles. The fraction of sp³-hybridized carbons (Fsp3) is 0.235. The second kappa shape index (κ2) is 5.30. The highest BCUT2D eigenvalue weighted by Crippen LogP contribution is 2.18. The number of rotatable bonds is 2. The molecular formula is C17H16ClN2O2+. The molecule has 1 atom stereocenters. The van der Waals surface area contributed by atoms with Gasteiger partial charge in [-0.2, -0.15) is 0 Å². The number of oxazole rings is 1. The van der Waals surface area contributed by atoms with Crippen LogP contribution in [0.5, 0.6) is 0 Å². The molecule has 5 heteroatoms. The summed E-state index contributed by atoms with van der Waals surface area (Å²) in [5.41, 5.74) is 4.14. The summed E-state index contributed by atoms with van der Waals surface area (Å²) in [6.07, 6.45) is 1.04. The molecule has 1 N–H and O–H groups in total. The summed E-state index contributed by atoms with van der Waals surface area (Å²) in [5.74, 6) is -0.316. The summed E-state index contributed by atoms with van der Waals surface area (Å²) in [5, 5.41) is 0.577. The van der Waals surface area contributed by atoms with E-state index in [0.29, 0.717) is 17.3 Å². The Morgan fingerprint density at radius 3 is 2.86 bits per heavy atom. The molecule has 0 radical (unpaired) electrons. The van der Waals surface area contributed by atoms with Gasteiger partial charge in [0.05, 0.1) is 12.1 Å². The van der Waals surface area contributed by atoms with Gasteiger partial charge in [-0.15, -0.1) is 0 Å². The van der Waals surface area contributed by atoms with Gasteiger partial charge in [0, 0.05) is 23.1 Å². The van der Waals surface area contributed by atoms with Gasteiger partial charge in [0.1, 0.15) is 6.54 Å². The lowest BCUT2D eigenvalue weighted by Gasteiger charge is -2.25. The molecule has 1 aliphatic rings. The molecule has 112 valence electrons. The van der Waals surface area contributed by atoms with Crippen LogP contribution in [0.4, 0.5) is 0 Å². The van der Waals surface area contributed by atoms with E-state index in [9.17, 15) is 4.79 Å². The van der Waals surface area contributed by atoms with E-state index in [-0.39, 0.29) is 5.76 Å². The maximum atomic E-state index is 12.1. The summed E-state index contributed by atoms with van der Waals surface area (Å²) in [6.45, 7) is 2.56. The van der Waals surface area contributed by atoms with Gasteiger partial charge in [-0.3, -0.25) is 0 Å². The Bertz CT molecular complexity index is 897. The van der Waals surface area contributed by atoms with Crippen LogP contribution in [0.15, 0.2) is 51.7 Å². The second-order valence-electron chi connectivity index (χ2n) is 5.76. The van der Waals surface area contributed by atoms with Gasteiger partial charge in [-0.05, 0) is 17.7 Å². The first kappa shape index (κ1) is 13.6. The zero-order chi connectivity index (χ0) is 15.1. The van der Waals surface area contributed by atoms with Gasteiger partial charge in [-0.25, -0.2) is 9.36 Å². The van der Waals surface area contributed by atoms with Crippen LogP contribution in [0.2, 0.25) is 5.02 Å². The van der Waals surface area contributed by atoms with Crippen LogP contribution in [0.3, 0.4) is 0 Å². The molecule has 1 aliphatic heterocycles. The summed E-state index contributed by atoms with van der Waals surface area (Å²) < 4.78 is 7.00. The fourth-order valence-corrected chi connectivity index (χ4v) is 3.35. The predicted octanol–water partition coefficient (Wildman–Crippen LogP) is 1.85. The van der Waals surface area contributed by atoms with Gasteiger partial charge < -0.3 is 9.32 Å². The molecule has 3 aromatic rings. The molecule has 1 unspecified atom stereocenters. The third-order valence-electron chi connectivity index (χ3n) is 4.32. The summed E-state index contributed by atoms with van der Waals surface area (Å²) in [6, 6.07) is 13.8. The largest absolute Gasteiger partial charge is 0.424 e. The van der Waals surface area contributed by atoms with Crippen molar-refractivity contribution in [3.8, 4) is 0 Å². The number of nitrogens with one attached hydrogen (secondary N) is 1. The van der Waals surface area contributed by atoms with Gasteiger partial charge in [0.25, 0.3) is 0 Å². The number of nitrogens with zero attached hydrogens (tertiary/aromatic N) is 1. The lowest BCUT2D eigenvalue weighted by molar-refractivity contribution is -0.938. The molecule has 4 rings (SSSR count). The van der Waals surface area contributed by atoms with Gasteiger partial charge in [0.15, 0.2) is 12.3 Å². The summed E-state index contributed by atoms with van der Waals surface area (Å²) >= 11 is 5.95. The monoisotopic (exact) mass is 315 g/mol. The number of fused-ring (bicyclic) bond motifs is 2. The van der Waals surface area contributed by atoms with E-state index in [1.54, 1.807) is 16.7 Å². The van der Waals surface area contributed by atoms with E-state index in [1.165, 1.54) is 16.0 Å². The Kier molecular flexibility index (Phi) is 3.28. The smallest absolute Gasteiger partial charge is 0.408 e. The van der Waals surface area contributed by atoms with Crippen LogP contribution in [-0.4, -0.2) is 11.1 Å². The van der Waals surface area contributed by atoms with Gasteiger partial charge in [-0.1, -0.05) is 35.9 Å². The van der Waals surface area contributed by atoms with Crippen molar-refractivity contribution in [3.63, 3.8) is 0 Å². The average Bonchev–Trinajstić information content (AvgIpc) is 2.82. The highest BCUT2D eigenvalue weighted by atomic mass is 35.5. The summed E-state index contributed by atoms with van der Waals surface area (Å²) in [4.78, 5) is 13.5. The first-order chi connectivity index (χ1) is 10.7. The van der Waals surface area contributed by atoms with Crippen molar-refractivity contribution < 1.29 is 9.32 Å². The quantitative estimate of drug-likeness (QED) is 0.784. The Hall–Kier alpha value is -2.04. The highest BCUT2D eigenvalue weighted by Gasteiger charge is 2.21. The van der Waals surface area contributed by atoms with Crippen molar-refractivity contribution in [1.82, 2.24) is 4.57 Å². The molecule has 0 saturated heterocycles. The van der Waals surface area contributed by atoms with Gasteiger partial charge in [0.2, 0.25) is 0 Å². The molecule has 0 fully saturated rings. The molecule has 1 aromatic heterocycles. The molecule has 2 heterocycles. The Balaban J connectivity index is 1.65. The topological polar surface area (TPSA) is 39.6 Å². The lowest BCUT2D eigenvalue weighted by atomic mass is 10.0. The Labute approximate surface area is 132 Å². The van der Waals surface area contributed by atoms with Crippen LogP contribution >= 0.6 is 11.6 Å². The molecule has 0 amide bonds. The lowest BCUT2D eigenvalue weighted by Crippen LogP contribution is -3.11. The van der Waals surface area contributed by atoms with E-state index in [2.05, 4.69) is 24.3 Å². The van der Waals surface area contributed by atoms with Gasteiger partial charge >= 0.3 is 5.76 Å². The molecule has 0 bridgehead atoms. The van der Waals surface area contributed by atoms with E-state index in [4.69, 9.17) is 16.0 Å². The van der Waals surface area contributed by atoms with Crippen molar-refractivity contribution >= 4 is 22.7 Å². The number of benzene rings is 2. The third kappa shape index (κ3) is 2.34. The van der Waals surface area contributed by atoms with Crippen molar-refractivity contribution in [2.45, 2.75) is 19.6 Å². The van der Waals surface area contributed by atoms with Crippen molar-refractivity contribution in [1.29, 1.82) is 0 Å². The Morgan fingerprint density at radius 1 is 1.18 bits per heavy atom. The third-order valence-corrected chi connectivity index (χ3v) is 4.55. The van der Waals surface area contributed by atoms with Crippen molar-refractivity contribution in [2.75, 3.05) is 6.54 Å². The van der Waals surface area contributed by atoms with E-state index < -0.39 is 0 Å². The minimum atomic E-state index is -0.316. The molecule has 0 spiro atoms. The van der Waals surface area contributed by atoms with Crippen LogP contribution < -0.4 is 10.7 Å². The zero-order valence-electron chi connectivity index (χ0n) is 12.0. The maximum absolute atomic E-state index is 12.1. The predicted molar refractivity (Wildman–Crippen MR) is 85.2 cm³/mol. The maximum Gasteiger partial charge on any atom is 0.424 e. The van der Waals surface area contributed by atoms with E-state index in [1.807, 2.05) is 6.07 Å². The molecule has 22 heavy (non-hydrogen) atoms. The van der Waals surface area contributed by atoms with Crippen LogP contribution in [-0.2, 0) is 19.6 Å². The van der Waals surface area contributed by atoms with E-state index in [0.717, 1.165) is 25.0 Å². The normalized spacial score (nSPS) is 17.6. The SMILES string of the molecule is O=c1oc2cc(Cl)ccc2n1C[NH+]1CCc2ccccc2C1. The minimum absolute atomic E-state index is 0.316. The molecule has 2 aromatic carbocycles. The molecule has 4 nitrogen and oxygen atoms in total. The Morgan fingerprint density at radius 2 is 2.00 bits per heavy atom. The first-order valence-corrected chi connectivity index (χ1v) is 7.78. The van der Waals surface area contributed by atoms with Crippen LogP contribution in [0.25, 0.3) is 11.1 Å². The zero-order valence-corrected chi connectivity index (χ0v) is 12.8.